The highest BCUT2D eigenvalue weighted by molar-refractivity contribution is 7.13. The lowest BCUT2D eigenvalue weighted by Crippen LogP contribution is -2.28. The molecule has 5 rings (SSSR count). The van der Waals surface area contributed by atoms with Gasteiger partial charge in [-0.15, -0.1) is 11.3 Å². The van der Waals surface area contributed by atoms with Crippen LogP contribution < -0.4 is 10.6 Å². The van der Waals surface area contributed by atoms with Gasteiger partial charge in [0.15, 0.2) is 0 Å². The van der Waals surface area contributed by atoms with E-state index in [0.717, 1.165) is 33.6 Å². The number of carbonyl (C=O) groups excluding carboxylic acids is 1. The van der Waals surface area contributed by atoms with Crippen LogP contribution in [0.1, 0.15) is 11.1 Å². The number of urea groups is 1. The van der Waals surface area contributed by atoms with Crippen molar-refractivity contribution < 1.29 is 9.18 Å². The van der Waals surface area contributed by atoms with Gasteiger partial charge in [0.1, 0.15) is 5.82 Å². The van der Waals surface area contributed by atoms with Crippen molar-refractivity contribution in [3.8, 4) is 10.6 Å². The predicted molar refractivity (Wildman–Crippen MR) is 133 cm³/mol. The van der Waals surface area contributed by atoms with Crippen LogP contribution in [0.15, 0.2) is 96.4 Å². The third-order valence-corrected chi connectivity index (χ3v) is 6.44. The SMILES string of the molecule is O=C(NCc1c(-c2cccs2)n(Cc2ccccc2)c2ccccc12)Nc1ccccc1F. The molecule has 0 unspecified atom stereocenters. The van der Waals surface area contributed by atoms with Crippen molar-refractivity contribution in [1.29, 1.82) is 0 Å². The summed E-state index contributed by atoms with van der Waals surface area (Å²) in [4.78, 5) is 13.7. The van der Waals surface area contributed by atoms with E-state index < -0.39 is 11.8 Å². The first-order valence-electron chi connectivity index (χ1n) is 10.7. The highest BCUT2D eigenvalue weighted by atomic mass is 32.1. The maximum Gasteiger partial charge on any atom is 0.319 e. The van der Waals surface area contributed by atoms with Gasteiger partial charge in [-0.05, 0) is 35.2 Å². The number of para-hydroxylation sites is 2. The average Bonchev–Trinajstić information content (AvgIpc) is 3.47. The molecule has 6 heteroatoms. The molecule has 0 atom stereocenters. The van der Waals surface area contributed by atoms with E-state index >= 15 is 0 Å². The summed E-state index contributed by atoms with van der Waals surface area (Å²) >= 11 is 1.67. The van der Waals surface area contributed by atoms with Gasteiger partial charge in [0.2, 0.25) is 0 Å². The molecule has 0 spiro atoms. The first-order valence-corrected chi connectivity index (χ1v) is 11.6. The van der Waals surface area contributed by atoms with Crippen molar-refractivity contribution in [1.82, 2.24) is 9.88 Å². The van der Waals surface area contributed by atoms with Crippen LogP contribution in [0.3, 0.4) is 0 Å². The summed E-state index contributed by atoms with van der Waals surface area (Å²) in [6.07, 6.45) is 0. The van der Waals surface area contributed by atoms with Crippen LogP contribution in [0, 0.1) is 5.82 Å². The highest BCUT2D eigenvalue weighted by Crippen LogP contribution is 2.36. The number of nitrogens with zero attached hydrogens (tertiary/aromatic N) is 1. The van der Waals surface area contributed by atoms with E-state index in [1.807, 2.05) is 36.4 Å². The smallest absolute Gasteiger partial charge is 0.319 e. The number of fused-ring (bicyclic) bond motifs is 1. The molecule has 2 aromatic heterocycles. The Morgan fingerprint density at radius 2 is 1.64 bits per heavy atom. The van der Waals surface area contributed by atoms with Crippen molar-refractivity contribution in [2.75, 3.05) is 5.32 Å². The Labute approximate surface area is 195 Å². The Balaban J connectivity index is 1.52. The number of hydrogen-bond acceptors (Lipinski definition) is 2. The van der Waals surface area contributed by atoms with Crippen molar-refractivity contribution in [3.63, 3.8) is 0 Å². The number of anilines is 1. The van der Waals surface area contributed by atoms with Gasteiger partial charge in [0.25, 0.3) is 0 Å². The maximum absolute atomic E-state index is 13.9. The van der Waals surface area contributed by atoms with Crippen LogP contribution in [0.2, 0.25) is 0 Å². The van der Waals surface area contributed by atoms with Crippen molar-refractivity contribution in [3.05, 3.63) is 113 Å². The first-order chi connectivity index (χ1) is 16.2. The summed E-state index contributed by atoms with van der Waals surface area (Å²) in [5.74, 6) is -0.466. The van der Waals surface area contributed by atoms with Gasteiger partial charge in [-0.2, -0.15) is 0 Å². The molecule has 33 heavy (non-hydrogen) atoms. The van der Waals surface area contributed by atoms with Gasteiger partial charge >= 0.3 is 6.03 Å². The molecule has 2 heterocycles. The number of aromatic nitrogens is 1. The van der Waals surface area contributed by atoms with Crippen molar-refractivity contribution >= 4 is 34.0 Å². The minimum absolute atomic E-state index is 0.153. The third kappa shape index (κ3) is 4.38. The third-order valence-electron chi connectivity index (χ3n) is 5.56. The molecule has 0 fully saturated rings. The quantitative estimate of drug-likeness (QED) is 0.288. The molecule has 0 bridgehead atoms. The molecule has 2 N–H and O–H groups in total. The largest absolute Gasteiger partial charge is 0.335 e. The fourth-order valence-electron chi connectivity index (χ4n) is 4.08. The Morgan fingerprint density at radius 1 is 0.879 bits per heavy atom. The lowest BCUT2D eigenvalue weighted by Gasteiger charge is -2.13. The number of thiophene rings is 1. The molecule has 0 saturated carbocycles. The summed E-state index contributed by atoms with van der Waals surface area (Å²) in [5.41, 5.74) is 4.58. The fraction of sp³-hybridized carbons (Fsp3) is 0.0741. The lowest BCUT2D eigenvalue weighted by atomic mass is 10.1. The normalized spacial score (nSPS) is 10.9. The maximum atomic E-state index is 13.9. The molecule has 0 aliphatic heterocycles. The van der Waals surface area contributed by atoms with Crippen LogP contribution in [-0.4, -0.2) is 10.6 Å². The van der Waals surface area contributed by atoms with Crippen LogP contribution in [0.5, 0.6) is 0 Å². The molecule has 3 aromatic carbocycles. The lowest BCUT2D eigenvalue weighted by molar-refractivity contribution is 0.251. The van der Waals surface area contributed by atoms with Gasteiger partial charge in [0, 0.05) is 29.6 Å². The van der Waals surface area contributed by atoms with Gasteiger partial charge in [-0.25, -0.2) is 9.18 Å². The second kappa shape index (κ2) is 9.30. The Bertz CT molecular complexity index is 1390. The van der Waals surface area contributed by atoms with E-state index in [-0.39, 0.29) is 5.69 Å². The Morgan fingerprint density at radius 3 is 2.42 bits per heavy atom. The van der Waals surface area contributed by atoms with Crippen molar-refractivity contribution in [2.45, 2.75) is 13.1 Å². The van der Waals surface area contributed by atoms with Crippen LogP contribution in [0.4, 0.5) is 14.9 Å². The first kappa shape index (κ1) is 21.0. The molecule has 0 saturated heterocycles. The summed E-state index contributed by atoms with van der Waals surface area (Å²) in [6, 6.07) is 28.4. The van der Waals surface area contributed by atoms with Crippen LogP contribution in [-0.2, 0) is 13.1 Å². The van der Waals surface area contributed by atoms with E-state index in [2.05, 4.69) is 50.9 Å². The zero-order valence-electron chi connectivity index (χ0n) is 17.8. The second-order valence-corrected chi connectivity index (χ2v) is 8.63. The van der Waals surface area contributed by atoms with Crippen LogP contribution >= 0.6 is 11.3 Å². The summed E-state index contributed by atoms with van der Waals surface area (Å²) in [5, 5.41) is 8.66. The summed E-state index contributed by atoms with van der Waals surface area (Å²) < 4.78 is 16.2. The minimum Gasteiger partial charge on any atom is -0.335 e. The number of nitrogens with one attached hydrogen (secondary N) is 2. The second-order valence-electron chi connectivity index (χ2n) is 7.68. The number of rotatable bonds is 6. The number of carbonyl (C=O) groups is 1. The molecule has 0 aliphatic rings. The van der Waals surface area contributed by atoms with E-state index in [9.17, 15) is 9.18 Å². The average molecular weight is 456 g/mol. The summed E-state index contributed by atoms with van der Waals surface area (Å²) in [6.45, 7) is 1.03. The predicted octanol–water partition coefficient (Wildman–Crippen LogP) is 6.88. The van der Waals surface area contributed by atoms with Crippen LogP contribution in [0.25, 0.3) is 21.5 Å². The van der Waals surface area contributed by atoms with Gasteiger partial charge in [-0.1, -0.05) is 66.7 Å². The molecule has 2 amide bonds. The number of halogens is 1. The van der Waals surface area contributed by atoms with Gasteiger partial charge in [-0.3, -0.25) is 0 Å². The van der Waals surface area contributed by atoms with E-state index in [0.29, 0.717) is 6.54 Å². The molecule has 164 valence electrons. The number of amides is 2. The molecule has 0 aliphatic carbocycles. The highest BCUT2D eigenvalue weighted by Gasteiger charge is 2.20. The molecular weight excluding hydrogens is 433 g/mol. The topological polar surface area (TPSA) is 46.1 Å². The molecule has 4 nitrogen and oxygen atoms in total. The molecule has 5 aromatic rings. The van der Waals surface area contributed by atoms with Gasteiger partial charge in [0.05, 0.1) is 16.3 Å². The number of hydrogen-bond donors (Lipinski definition) is 2. The summed E-state index contributed by atoms with van der Waals surface area (Å²) in [7, 11) is 0. The van der Waals surface area contributed by atoms with E-state index in [4.69, 9.17) is 0 Å². The minimum atomic E-state index is -0.466. The molecular formula is C27H22FN3OS. The Hall–Kier alpha value is -3.90. The fourth-order valence-corrected chi connectivity index (χ4v) is 4.88. The Kier molecular flexibility index (Phi) is 5.91. The van der Waals surface area contributed by atoms with Gasteiger partial charge < -0.3 is 15.2 Å². The van der Waals surface area contributed by atoms with E-state index in [1.165, 1.54) is 17.7 Å². The standard InChI is InChI=1S/C27H22FN3OS/c28-22-12-5-6-13-23(22)30-27(32)29-17-21-20-11-4-7-14-24(20)31(18-19-9-2-1-3-10-19)26(21)25-15-8-16-33-25/h1-16H,17-18H2,(H2,29,30,32). The zero-order valence-corrected chi connectivity index (χ0v) is 18.6. The monoisotopic (exact) mass is 455 g/mol. The zero-order chi connectivity index (χ0) is 22.6. The van der Waals surface area contributed by atoms with E-state index in [1.54, 1.807) is 23.5 Å². The molecule has 0 radical (unpaired) electrons. The number of benzene rings is 3. The van der Waals surface area contributed by atoms with Crippen molar-refractivity contribution in [2.24, 2.45) is 0 Å².